The summed E-state index contributed by atoms with van der Waals surface area (Å²) in [5, 5.41) is 17.0. The zero-order valence-corrected chi connectivity index (χ0v) is 18.3. The van der Waals surface area contributed by atoms with E-state index in [2.05, 4.69) is 56.8 Å². The van der Waals surface area contributed by atoms with Gasteiger partial charge in [0.05, 0.1) is 6.54 Å². The molecule has 0 saturated carbocycles. The van der Waals surface area contributed by atoms with Crippen molar-refractivity contribution in [2.75, 3.05) is 30.7 Å². The highest BCUT2D eigenvalue weighted by Crippen LogP contribution is 2.25. The Hall–Kier alpha value is -2.91. The summed E-state index contributed by atoms with van der Waals surface area (Å²) < 4.78 is 1.66. The number of nitrogens with one attached hydrogen (secondary N) is 2. The molecule has 31 heavy (non-hydrogen) atoms. The molecule has 9 nitrogen and oxygen atoms in total. The number of aromatic hydroxyl groups is 1. The smallest absolute Gasteiger partial charge is 0.296 e. The van der Waals surface area contributed by atoms with E-state index < -0.39 is 0 Å². The van der Waals surface area contributed by atoms with Crippen molar-refractivity contribution < 1.29 is 5.11 Å². The average molecular weight is 427 g/mol. The molecule has 2 aromatic heterocycles. The predicted molar refractivity (Wildman–Crippen MR) is 125 cm³/mol. The molecule has 168 valence electrons. The van der Waals surface area contributed by atoms with Crippen LogP contribution in [0.25, 0.3) is 11.2 Å². The topological polar surface area (TPSA) is 140 Å². The molecule has 0 fully saturated rings. The Balaban J connectivity index is 1.69. The molecule has 0 amide bonds. The van der Waals surface area contributed by atoms with Crippen LogP contribution in [0, 0.1) is 0 Å². The minimum Gasteiger partial charge on any atom is -0.480 e. The van der Waals surface area contributed by atoms with Crippen LogP contribution in [-0.4, -0.2) is 44.3 Å². The monoisotopic (exact) mass is 426 g/mol. The standard InChI is InChI=1S/C22H34N8O/c1-2-3-5-13-26-21-28-19(24)18-20(29-21)30(22(31)27-18)15-17-9-7-16(8-10-17)14-25-12-6-4-11-23/h7-10,25H,2-6,11-15,23H2,1H3,(H,27,31)(H3,24,26,28,29). The van der Waals surface area contributed by atoms with E-state index in [0.717, 1.165) is 63.8 Å². The number of nitrogens with zero attached hydrogens (tertiary/aromatic N) is 4. The molecule has 0 bridgehead atoms. The Morgan fingerprint density at radius 1 is 0.968 bits per heavy atom. The summed E-state index contributed by atoms with van der Waals surface area (Å²) in [6.45, 7) is 5.90. The quantitative estimate of drug-likeness (QED) is 0.263. The molecular weight excluding hydrogens is 392 g/mol. The summed E-state index contributed by atoms with van der Waals surface area (Å²) in [5.74, 6) is 0.714. The number of anilines is 2. The van der Waals surface area contributed by atoms with Gasteiger partial charge in [-0.3, -0.25) is 4.57 Å². The average Bonchev–Trinajstić information content (AvgIpc) is 3.08. The third kappa shape index (κ3) is 6.28. The Bertz CT molecular complexity index is 954. The highest BCUT2D eigenvalue weighted by atomic mass is 16.3. The third-order valence-electron chi connectivity index (χ3n) is 5.17. The molecule has 3 aromatic rings. The zero-order valence-electron chi connectivity index (χ0n) is 18.3. The second-order valence-electron chi connectivity index (χ2n) is 7.73. The van der Waals surface area contributed by atoms with Gasteiger partial charge in [0.1, 0.15) is 0 Å². The van der Waals surface area contributed by atoms with Crippen LogP contribution < -0.4 is 22.1 Å². The van der Waals surface area contributed by atoms with Gasteiger partial charge in [-0.05, 0) is 43.5 Å². The number of aromatic nitrogens is 4. The van der Waals surface area contributed by atoms with Gasteiger partial charge in [-0.15, -0.1) is 0 Å². The van der Waals surface area contributed by atoms with Crippen LogP contribution in [0.1, 0.15) is 50.2 Å². The van der Waals surface area contributed by atoms with Gasteiger partial charge < -0.3 is 27.2 Å². The maximum Gasteiger partial charge on any atom is 0.296 e. The van der Waals surface area contributed by atoms with Gasteiger partial charge in [-0.2, -0.15) is 15.0 Å². The highest BCUT2D eigenvalue weighted by Gasteiger charge is 2.16. The maximum absolute atomic E-state index is 10.4. The van der Waals surface area contributed by atoms with Gasteiger partial charge in [0.25, 0.3) is 6.01 Å². The lowest BCUT2D eigenvalue weighted by Crippen LogP contribution is -2.15. The number of unbranched alkanes of at least 4 members (excludes halogenated alkanes) is 3. The van der Waals surface area contributed by atoms with Crippen molar-refractivity contribution in [3.8, 4) is 6.01 Å². The Kier molecular flexibility index (Phi) is 8.43. The van der Waals surface area contributed by atoms with Crippen molar-refractivity contribution in [1.29, 1.82) is 0 Å². The van der Waals surface area contributed by atoms with E-state index in [1.807, 2.05) is 0 Å². The Morgan fingerprint density at radius 2 is 1.71 bits per heavy atom. The highest BCUT2D eigenvalue weighted by molar-refractivity contribution is 5.84. The number of nitrogen functional groups attached to an aromatic ring is 1. The van der Waals surface area contributed by atoms with Gasteiger partial charge in [0, 0.05) is 13.1 Å². The van der Waals surface area contributed by atoms with Crippen molar-refractivity contribution in [2.45, 2.75) is 52.1 Å². The fourth-order valence-corrected chi connectivity index (χ4v) is 3.38. The molecule has 0 aliphatic rings. The minimum atomic E-state index is -0.121. The number of imidazole rings is 1. The minimum absolute atomic E-state index is 0.121. The van der Waals surface area contributed by atoms with Crippen LogP contribution in [0.4, 0.5) is 11.8 Å². The first-order valence-electron chi connectivity index (χ1n) is 11.1. The van der Waals surface area contributed by atoms with E-state index in [9.17, 15) is 5.11 Å². The lowest BCUT2D eigenvalue weighted by molar-refractivity contribution is 0.408. The number of fused-ring (bicyclic) bond motifs is 1. The lowest BCUT2D eigenvalue weighted by atomic mass is 10.1. The molecule has 9 heteroatoms. The number of nitrogens with two attached hydrogens (primary N) is 2. The van der Waals surface area contributed by atoms with Crippen molar-refractivity contribution in [3.63, 3.8) is 0 Å². The Morgan fingerprint density at radius 3 is 2.45 bits per heavy atom. The van der Waals surface area contributed by atoms with Gasteiger partial charge in [-0.1, -0.05) is 44.0 Å². The molecule has 2 heterocycles. The zero-order chi connectivity index (χ0) is 22.1. The largest absolute Gasteiger partial charge is 0.480 e. The van der Waals surface area contributed by atoms with E-state index in [1.165, 1.54) is 5.56 Å². The van der Waals surface area contributed by atoms with Crippen LogP contribution >= 0.6 is 0 Å². The molecular formula is C22H34N8O. The number of hydrogen-bond acceptors (Lipinski definition) is 8. The molecule has 0 aliphatic heterocycles. The normalized spacial score (nSPS) is 11.3. The summed E-state index contributed by atoms with van der Waals surface area (Å²) in [7, 11) is 0. The molecule has 1 aromatic carbocycles. The van der Waals surface area contributed by atoms with E-state index in [4.69, 9.17) is 11.5 Å². The van der Waals surface area contributed by atoms with Crippen LogP contribution in [0.15, 0.2) is 24.3 Å². The number of hydrogen-bond donors (Lipinski definition) is 5. The summed E-state index contributed by atoms with van der Waals surface area (Å²) in [4.78, 5) is 13.0. The van der Waals surface area contributed by atoms with Crippen LogP contribution in [0.5, 0.6) is 6.01 Å². The first-order chi connectivity index (χ1) is 15.1. The number of benzene rings is 1. The molecule has 0 radical (unpaired) electrons. The van der Waals surface area contributed by atoms with E-state index >= 15 is 0 Å². The van der Waals surface area contributed by atoms with Crippen molar-refractivity contribution in [1.82, 2.24) is 24.8 Å². The first kappa shape index (κ1) is 22.8. The fourth-order valence-electron chi connectivity index (χ4n) is 3.38. The second-order valence-corrected chi connectivity index (χ2v) is 7.73. The summed E-state index contributed by atoms with van der Waals surface area (Å²) >= 11 is 0. The summed E-state index contributed by atoms with van der Waals surface area (Å²) in [5.41, 5.74) is 14.8. The molecule has 7 N–H and O–H groups in total. The molecule has 0 spiro atoms. The van der Waals surface area contributed by atoms with E-state index in [1.54, 1.807) is 4.57 Å². The van der Waals surface area contributed by atoms with Crippen LogP contribution in [0.2, 0.25) is 0 Å². The van der Waals surface area contributed by atoms with Crippen molar-refractivity contribution in [2.24, 2.45) is 5.73 Å². The predicted octanol–water partition coefficient (Wildman–Crippen LogP) is 2.59. The Labute approximate surface area is 183 Å². The van der Waals surface area contributed by atoms with Gasteiger partial charge in [0.15, 0.2) is 17.0 Å². The SMILES string of the molecule is CCCCCNc1nc(N)c2nc(O)n(Cc3ccc(CNCCCCN)cc3)c2n1. The van der Waals surface area contributed by atoms with Crippen molar-refractivity contribution >= 4 is 22.9 Å². The molecule has 0 unspecified atom stereocenters. The summed E-state index contributed by atoms with van der Waals surface area (Å²) in [6.07, 6.45) is 5.45. The maximum atomic E-state index is 10.4. The summed E-state index contributed by atoms with van der Waals surface area (Å²) in [6, 6.07) is 8.16. The van der Waals surface area contributed by atoms with E-state index in [0.29, 0.717) is 23.7 Å². The molecule has 0 aliphatic carbocycles. The van der Waals surface area contributed by atoms with Gasteiger partial charge >= 0.3 is 0 Å². The second kappa shape index (κ2) is 11.5. The lowest BCUT2D eigenvalue weighted by Gasteiger charge is -2.09. The van der Waals surface area contributed by atoms with Crippen LogP contribution in [-0.2, 0) is 13.1 Å². The van der Waals surface area contributed by atoms with Crippen molar-refractivity contribution in [3.05, 3.63) is 35.4 Å². The fraction of sp³-hybridized carbons (Fsp3) is 0.500. The third-order valence-corrected chi connectivity index (χ3v) is 5.17. The molecule has 3 rings (SSSR count). The van der Waals surface area contributed by atoms with E-state index in [-0.39, 0.29) is 11.8 Å². The van der Waals surface area contributed by atoms with Gasteiger partial charge in [-0.25, -0.2) is 0 Å². The number of rotatable bonds is 13. The first-order valence-corrected chi connectivity index (χ1v) is 11.1. The van der Waals surface area contributed by atoms with Crippen LogP contribution in [0.3, 0.4) is 0 Å². The molecule has 0 atom stereocenters. The van der Waals surface area contributed by atoms with Gasteiger partial charge in [0.2, 0.25) is 5.95 Å². The molecule has 0 saturated heterocycles.